The first-order chi connectivity index (χ1) is 10.5. The van der Waals surface area contributed by atoms with Crippen LogP contribution in [0.5, 0.6) is 5.75 Å². The van der Waals surface area contributed by atoms with Gasteiger partial charge in [0.05, 0.1) is 17.9 Å². The highest BCUT2D eigenvalue weighted by Gasteiger charge is 2.15. The number of halogens is 2. The molecule has 0 heterocycles. The zero-order valence-electron chi connectivity index (χ0n) is 12.4. The molecule has 1 amide bonds. The maximum Gasteiger partial charge on any atom is 0.259 e. The minimum atomic E-state index is -0.476. The number of ether oxygens (including phenoxy) is 1. The Morgan fingerprint density at radius 1 is 1.27 bits per heavy atom. The van der Waals surface area contributed by atoms with Crippen LogP contribution >= 0.6 is 15.9 Å². The fourth-order valence-corrected chi connectivity index (χ4v) is 2.18. The smallest absolute Gasteiger partial charge is 0.259 e. The number of carbonyl (C=O) groups excluding carboxylic acids is 1. The highest BCUT2D eigenvalue weighted by Crippen LogP contribution is 2.25. The van der Waals surface area contributed by atoms with Gasteiger partial charge in [0.15, 0.2) is 0 Å². The standard InChI is InChI=1S/C17H17BrFNO2/c1-11(2)10-22-16-8-7-12(18)9-13(16)17(21)20-15-6-4-3-5-14(15)19/h3-9,11H,10H2,1-2H3,(H,20,21). The van der Waals surface area contributed by atoms with Crippen molar-refractivity contribution in [2.75, 3.05) is 11.9 Å². The van der Waals surface area contributed by atoms with E-state index in [1.54, 1.807) is 30.3 Å². The van der Waals surface area contributed by atoms with Gasteiger partial charge in [-0.2, -0.15) is 0 Å². The second-order valence-corrected chi connectivity index (χ2v) is 6.19. The van der Waals surface area contributed by atoms with E-state index in [0.29, 0.717) is 23.8 Å². The van der Waals surface area contributed by atoms with Crippen LogP contribution < -0.4 is 10.1 Å². The van der Waals surface area contributed by atoms with Crippen LogP contribution in [0.3, 0.4) is 0 Å². The summed E-state index contributed by atoms with van der Waals surface area (Å²) in [4.78, 5) is 12.4. The molecule has 2 rings (SSSR count). The number of carbonyl (C=O) groups is 1. The largest absolute Gasteiger partial charge is 0.492 e. The number of hydrogen-bond donors (Lipinski definition) is 1. The summed E-state index contributed by atoms with van der Waals surface area (Å²) in [6.07, 6.45) is 0. The molecule has 2 aromatic rings. The molecule has 0 atom stereocenters. The van der Waals surface area contributed by atoms with Gasteiger partial charge in [0.25, 0.3) is 5.91 Å². The van der Waals surface area contributed by atoms with E-state index in [4.69, 9.17) is 4.74 Å². The number of para-hydroxylation sites is 1. The minimum Gasteiger partial charge on any atom is -0.492 e. The molecule has 0 saturated heterocycles. The molecular formula is C17H17BrFNO2. The Kier molecular flexibility index (Phi) is 5.55. The summed E-state index contributed by atoms with van der Waals surface area (Å²) in [6, 6.07) is 11.2. The average Bonchev–Trinajstić information content (AvgIpc) is 2.48. The Morgan fingerprint density at radius 3 is 2.68 bits per heavy atom. The van der Waals surface area contributed by atoms with Gasteiger partial charge in [-0.25, -0.2) is 4.39 Å². The predicted molar refractivity (Wildman–Crippen MR) is 88.8 cm³/mol. The molecule has 3 nitrogen and oxygen atoms in total. The van der Waals surface area contributed by atoms with Gasteiger partial charge in [0.1, 0.15) is 11.6 Å². The number of rotatable bonds is 5. The first-order valence-corrected chi connectivity index (χ1v) is 7.75. The Bertz CT molecular complexity index is 673. The van der Waals surface area contributed by atoms with Crippen molar-refractivity contribution in [3.8, 4) is 5.75 Å². The molecule has 22 heavy (non-hydrogen) atoms. The lowest BCUT2D eigenvalue weighted by Gasteiger charge is -2.14. The molecule has 0 aromatic heterocycles. The van der Waals surface area contributed by atoms with Crippen LogP contribution in [0, 0.1) is 11.7 Å². The molecular weight excluding hydrogens is 349 g/mol. The number of anilines is 1. The molecule has 0 aliphatic carbocycles. The van der Waals surface area contributed by atoms with Crippen LogP contribution in [0.2, 0.25) is 0 Å². The zero-order valence-corrected chi connectivity index (χ0v) is 14.0. The van der Waals surface area contributed by atoms with Crippen LogP contribution in [0.25, 0.3) is 0 Å². The van der Waals surface area contributed by atoms with Crippen molar-refractivity contribution in [2.24, 2.45) is 5.92 Å². The normalized spacial score (nSPS) is 10.6. The van der Waals surface area contributed by atoms with Gasteiger partial charge in [0.2, 0.25) is 0 Å². The van der Waals surface area contributed by atoms with Gasteiger partial charge in [-0.15, -0.1) is 0 Å². The highest BCUT2D eigenvalue weighted by atomic mass is 79.9. The third-order valence-corrected chi connectivity index (χ3v) is 3.37. The van der Waals surface area contributed by atoms with Crippen molar-refractivity contribution in [1.82, 2.24) is 0 Å². The molecule has 2 aromatic carbocycles. The molecule has 0 bridgehead atoms. The van der Waals surface area contributed by atoms with Crippen molar-refractivity contribution in [3.63, 3.8) is 0 Å². The van der Waals surface area contributed by atoms with Gasteiger partial charge in [-0.3, -0.25) is 4.79 Å². The lowest BCUT2D eigenvalue weighted by Crippen LogP contribution is -2.15. The summed E-state index contributed by atoms with van der Waals surface area (Å²) < 4.78 is 20.1. The fourth-order valence-electron chi connectivity index (χ4n) is 1.81. The molecule has 0 unspecified atom stereocenters. The first kappa shape index (κ1) is 16.5. The molecule has 0 saturated carbocycles. The lowest BCUT2D eigenvalue weighted by atomic mass is 10.1. The molecule has 116 valence electrons. The second kappa shape index (κ2) is 7.40. The Balaban J connectivity index is 2.24. The maximum atomic E-state index is 13.6. The van der Waals surface area contributed by atoms with Gasteiger partial charge < -0.3 is 10.1 Å². The Labute approximate surface area is 137 Å². The fraction of sp³-hybridized carbons (Fsp3) is 0.235. The van der Waals surface area contributed by atoms with E-state index in [1.165, 1.54) is 12.1 Å². The number of benzene rings is 2. The van der Waals surface area contributed by atoms with E-state index in [-0.39, 0.29) is 5.69 Å². The number of hydrogen-bond acceptors (Lipinski definition) is 2. The van der Waals surface area contributed by atoms with E-state index in [2.05, 4.69) is 21.2 Å². The van der Waals surface area contributed by atoms with E-state index in [0.717, 1.165) is 4.47 Å². The quantitative estimate of drug-likeness (QED) is 0.820. The predicted octanol–water partition coefficient (Wildman–Crippen LogP) is 4.88. The Morgan fingerprint density at radius 2 is 2.00 bits per heavy atom. The first-order valence-electron chi connectivity index (χ1n) is 6.95. The molecule has 0 radical (unpaired) electrons. The topological polar surface area (TPSA) is 38.3 Å². The maximum absolute atomic E-state index is 13.6. The van der Waals surface area contributed by atoms with Crippen molar-refractivity contribution in [3.05, 3.63) is 58.3 Å². The SMILES string of the molecule is CC(C)COc1ccc(Br)cc1C(=O)Nc1ccccc1F. The summed E-state index contributed by atoms with van der Waals surface area (Å²) in [7, 11) is 0. The van der Waals surface area contributed by atoms with E-state index in [1.807, 2.05) is 13.8 Å². The molecule has 0 fully saturated rings. The third-order valence-electron chi connectivity index (χ3n) is 2.88. The summed E-state index contributed by atoms with van der Waals surface area (Å²) in [5, 5.41) is 2.57. The summed E-state index contributed by atoms with van der Waals surface area (Å²) >= 11 is 3.33. The molecule has 0 aliphatic rings. The lowest BCUT2D eigenvalue weighted by molar-refractivity contribution is 0.102. The summed E-state index contributed by atoms with van der Waals surface area (Å²) in [5.41, 5.74) is 0.501. The second-order valence-electron chi connectivity index (χ2n) is 5.28. The average molecular weight is 366 g/mol. The van der Waals surface area contributed by atoms with Gasteiger partial charge >= 0.3 is 0 Å². The van der Waals surface area contributed by atoms with Crippen molar-refractivity contribution in [1.29, 1.82) is 0 Å². The monoisotopic (exact) mass is 365 g/mol. The van der Waals surface area contributed by atoms with Crippen molar-refractivity contribution in [2.45, 2.75) is 13.8 Å². The van der Waals surface area contributed by atoms with Crippen LogP contribution in [-0.2, 0) is 0 Å². The molecule has 0 spiro atoms. The summed E-state index contributed by atoms with van der Waals surface area (Å²) in [5.74, 6) is -0.0717. The van der Waals surface area contributed by atoms with Crippen molar-refractivity contribution >= 4 is 27.5 Å². The molecule has 1 N–H and O–H groups in total. The summed E-state index contributed by atoms with van der Waals surface area (Å²) in [6.45, 7) is 4.55. The van der Waals surface area contributed by atoms with E-state index >= 15 is 0 Å². The van der Waals surface area contributed by atoms with Gasteiger partial charge in [-0.05, 0) is 36.2 Å². The van der Waals surface area contributed by atoms with E-state index in [9.17, 15) is 9.18 Å². The van der Waals surface area contributed by atoms with Crippen LogP contribution in [0.15, 0.2) is 46.9 Å². The van der Waals surface area contributed by atoms with Gasteiger partial charge in [-0.1, -0.05) is 41.9 Å². The number of nitrogens with one attached hydrogen (secondary N) is 1. The van der Waals surface area contributed by atoms with Crippen LogP contribution in [0.1, 0.15) is 24.2 Å². The molecule has 5 heteroatoms. The van der Waals surface area contributed by atoms with Gasteiger partial charge in [0, 0.05) is 4.47 Å². The highest BCUT2D eigenvalue weighted by molar-refractivity contribution is 9.10. The minimum absolute atomic E-state index is 0.141. The van der Waals surface area contributed by atoms with E-state index < -0.39 is 11.7 Å². The number of amides is 1. The zero-order chi connectivity index (χ0) is 16.1. The molecule has 0 aliphatic heterocycles. The van der Waals surface area contributed by atoms with Crippen LogP contribution in [0.4, 0.5) is 10.1 Å². The van der Waals surface area contributed by atoms with Crippen molar-refractivity contribution < 1.29 is 13.9 Å². The Hall–Kier alpha value is -1.88. The van der Waals surface area contributed by atoms with Crippen LogP contribution in [-0.4, -0.2) is 12.5 Å². The third kappa shape index (κ3) is 4.31.